The predicted octanol–water partition coefficient (Wildman–Crippen LogP) is 5.86. The molecule has 0 aliphatic carbocycles. The highest BCUT2D eigenvalue weighted by Crippen LogP contribution is 2.23. The Kier molecular flexibility index (Phi) is 6.26. The minimum Gasteiger partial charge on any atom is -0.342 e. The van der Waals surface area contributed by atoms with Crippen molar-refractivity contribution in [3.63, 3.8) is 0 Å². The number of benzene rings is 3. The van der Waals surface area contributed by atoms with Gasteiger partial charge in [-0.3, -0.25) is 9.98 Å². The third-order valence-electron chi connectivity index (χ3n) is 6.84. The van der Waals surface area contributed by atoms with Gasteiger partial charge in [-0.2, -0.15) is 0 Å². The van der Waals surface area contributed by atoms with Gasteiger partial charge >= 0.3 is 0 Å². The smallest absolute Gasteiger partial charge is 0.109 e. The average Bonchev–Trinajstić information content (AvgIpc) is 3.61. The molecule has 0 fully saturated rings. The first-order chi connectivity index (χ1) is 19.8. The number of aliphatic imine (C=N–C) groups is 2. The highest BCUT2D eigenvalue weighted by molar-refractivity contribution is 6.04. The van der Waals surface area contributed by atoms with Crippen LogP contribution in [-0.4, -0.2) is 55.4 Å². The van der Waals surface area contributed by atoms with Crippen LogP contribution in [0.25, 0.3) is 43.9 Å². The molecule has 40 heavy (non-hydrogen) atoms. The number of imidazole rings is 2. The molecule has 0 amide bonds. The highest BCUT2D eigenvalue weighted by atomic mass is 14.9. The number of aromatic nitrogens is 6. The summed E-state index contributed by atoms with van der Waals surface area (Å²) >= 11 is 0. The summed E-state index contributed by atoms with van der Waals surface area (Å²) in [6.45, 7) is 1.25. The lowest BCUT2D eigenvalue weighted by Crippen LogP contribution is -1.96. The van der Waals surface area contributed by atoms with Gasteiger partial charge in [0.1, 0.15) is 11.6 Å². The SMILES string of the molecule is C(=NCCc1nc2ccccc2[nH]1)c1ccc2ccc3ccc(C=NCCc4nc5ccccc5[nH]4)nc3c2n1. The zero-order chi connectivity index (χ0) is 26.7. The summed E-state index contributed by atoms with van der Waals surface area (Å²) in [6.07, 6.45) is 5.12. The van der Waals surface area contributed by atoms with Crippen LogP contribution in [0.5, 0.6) is 0 Å². The van der Waals surface area contributed by atoms with E-state index in [1.165, 1.54) is 0 Å². The number of hydrogen-bond donors (Lipinski definition) is 2. The summed E-state index contributed by atoms with van der Waals surface area (Å²) in [5.41, 5.74) is 7.38. The van der Waals surface area contributed by atoms with E-state index in [2.05, 4.69) is 54.2 Å². The quantitative estimate of drug-likeness (QED) is 0.193. The molecule has 0 unspecified atom stereocenters. The van der Waals surface area contributed by atoms with Gasteiger partial charge in [-0.25, -0.2) is 19.9 Å². The van der Waals surface area contributed by atoms with Crippen molar-refractivity contribution in [1.82, 2.24) is 29.9 Å². The molecule has 8 heteroatoms. The summed E-state index contributed by atoms with van der Waals surface area (Å²) in [7, 11) is 0. The van der Waals surface area contributed by atoms with Crippen LogP contribution in [0.3, 0.4) is 0 Å². The fourth-order valence-electron chi connectivity index (χ4n) is 4.85. The fraction of sp³-hybridized carbons (Fsp3) is 0.125. The molecule has 0 saturated carbocycles. The van der Waals surface area contributed by atoms with E-state index >= 15 is 0 Å². The van der Waals surface area contributed by atoms with Crippen LogP contribution in [-0.2, 0) is 12.8 Å². The second-order valence-electron chi connectivity index (χ2n) is 9.65. The Morgan fingerprint density at radius 3 is 1.45 bits per heavy atom. The van der Waals surface area contributed by atoms with Crippen molar-refractivity contribution in [2.75, 3.05) is 13.1 Å². The van der Waals surface area contributed by atoms with Gasteiger partial charge in [-0.1, -0.05) is 48.5 Å². The Morgan fingerprint density at radius 1 is 0.525 bits per heavy atom. The molecule has 7 rings (SSSR count). The molecule has 3 aromatic carbocycles. The standard InChI is InChI=1S/C32H26N8/c1-2-6-26-25(5-1)37-29(38-26)15-17-33-19-23-13-11-21-9-10-22-12-14-24(36-32(22)31(21)35-23)20-34-18-16-30-39-27-7-3-4-8-28(27)40-30/h1-14,19-20H,15-18H2,(H,37,38)(H,39,40). The first-order valence-corrected chi connectivity index (χ1v) is 13.4. The second-order valence-corrected chi connectivity index (χ2v) is 9.65. The Bertz CT molecular complexity index is 1820. The maximum absolute atomic E-state index is 4.89. The number of aromatic amines is 2. The second kappa shape index (κ2) is 10.5. The molecular formula is C32H26N8. The lowest BCUT2D eigenvalue weighted by atomic mass is 10.1. The van der Waals surface area contributed by atoms with Gasteiger partial charge in [0.2, 0.25) is 0 Å². The number of H-pyrrole nitrogens is 2. The van der Waals surface area contributed by atoms with E-state index in [-0.39, 0.29) is 0 Å². The van der Waals surface area contributed by atoms with E-state index in [4.69, 9.17) is 9.97 Å². The number of para-hydroxylation sites is 4. The molecule has 194 valence electrons. The van der Waals surface area contributed by atoms with Gasteiger partial charge in [-0.05, 0) is 36.4 Å². The summed E-state index contributed by atoms with van der Waals surface area (Å²) < 4.78 is 0. The predicted molar refractivity (Wildman–Crippen MR) is 162 cm³/mol. The van der Waals surface area contributed by atoms with Gasteiger partial charge in [0.15, 0.2) is 0 Å². The summed E-state index contributed by atoms with van der Waals surface area (Å²) in [5, 5.41) is 2.08. The van der Waals surface area contributed by atoms with Crippen molar-refractivity contribution in [3.05, 3.63) is 108 Å². The number of nitrogens with zero attached hydrogens (tertiary/aromatic N) is 6. The van der Waals surface area contributed by atoms with Gasteiger partial charge in [0.05, 0.1) is 44.5 Å². The first-order valence-electron chi connectivity index (χ1n) is 13.4. The topological polar surface area (TPSA) is 108 Å². The van der Waals surface area contributed by atoms with Crippen LogP contribution in [0.1, 0.15) is 23.0 Å². The van der Waals surface area contributed by atoms with Crippen LogP contribution in [0, 0.1) is 0 Å². The van der Waals surface area contributed by atoms with Gasteiger partial charge in [0.25, 0.3) is 0 Å². The monoisotopic (exact) mass is 522 g/mol. The van der Waals surface area contributed by atoms with E-state index in [1.807, 2.05) is 73.1 Å². The van der Waals surface area contributed by atoms with Crippen LogP contribution in [0.15, 0.2) is 94.9 Å². The third kappa shape index (κ3) is 4.94. The van der Waals surface area contributed by atoms with E-state index in [0.717, 1.165) is 79.8 Å². The lowest BCUT2D eigenvalue weighted by molar-refractivity contribution is 0.903. The minimum absolute atomic E-state index is 0.627. The van der Waals surface area contributed by atoms with Crippen LogP contribution < -0.4 is 0 Å². The van der Waals surface area contributed by atoms with Crippen molar-refractivity contribution in [2.45, 2.75) is 12.8 Å². The Labute approximate surface area is 230 Å². The average molecular weight is 523 g/mol. The van der Waals surface area contributed by atoms with E-state index in [0.29, 0.717) is 13.1 Å². The molecule has 7 aromatic rings. The minimum atomic E-state index is 0.627. The number of rotatable bonds is 8. The third-order valence-corrected chi connectivity index (χ3v) is 6.84. The maximum atomic E-state index is 4.89. The van der Waals surface area contributed by atoms with Crippen molar-refractivity contribution in [2.24, 2.45) is 9.98 Å². The van der Waals surface area contributed by atoms with E-state index in [1.54, 1.807) is 0 Å². The molecule has 0 atom stereocenters. The summed E-state index contributed by atoms with van der Waals surface area (Å²) in [6, 6.07) is 28.4. The number of nitrogens with one attached hydrogen (secondary N) is 2. The van der Waals surface area contributed by atoms with Crippen LogP contribution in [0.2, 0.25) is 0 Å². The van der Waals surface area contributed by atoms with Crippen molar-refractivity contribution < 1.29 is 0 Å². The lowest BCUT2D eigenvalue weighted by Gasteiger charge is -2.05. The summed E-state index contributed by atoms with van der Waals surface area (Å²) in [5.74, 6) is 1.87. The zero-order valence-corrected chi connectivity index (χ0v) is 21.7. The van der Waals surface area contributed by atoms with E-state index < -0.39 is 0 Å². The molecule has 4 aromatic heterocycles. The van der Waals surface area contributed by atoms with Gasteiger partial charge in [-0.15, -0.1) is 0 Å². The van der Waals surface area contributed by atoms with Gasteiger partial charge in [0, 0.05) is 49.1 Å². The maximum Gasteiger partial charge on any atom is 0.109 e. The normalized spacial score (nSPS) is 12.2. The fourth-order valence-corrected chi connectivity index (χ4v) is 4.85. The molecule has 0 spiro atoms. The molecule has 2 N–H and O–H groups in total. The van der Waals surface area contributed by atoms with E-state index in [9.17, 15) is 0 Å². The molecule has 8 nitrogen and oxygen atoms in total. The highest BCUT2D eigenvalue weighted by Gasteiger charge is 2.06. The Balaban J connectivity index is 1.06. The van der Waals surface area contributed by atoms with Gasteiger partial charge < -0.3 is 9.97 Å². The zero-order valence-electron chi connectivity index (χ0n) is 21.7. The molecule has 0 aliphatic heterocycles. The molecule has 0 radical (unpaired) electrons. The largest absolute Gasteiger partial charge is 0.342 e. The Morgan fingerprint density at radius 2 is 0.975 bits per heavy atom. The first kappa shape index (κ1) is 23.8. The number of fused-ring (bicyclic) bond motifs is 5. The summed E-state index contributed by atoms with van der Waals surface area (Å²) in [4.78, 5) is 34.9. The molecule has 0 bridgehead atoms. The van der Waals surface area contributed by atoms with Crippen LogP contribution in [0.4, 0.5) is 0 Å². The molecule has 0 saturated heterocycles. The number of pyridine rings is 2. The number of hydrogen-bond acceptors (Lipinski definition) is 6. The van der Waals surface area contributed by atoms with Crippen LogP contribution >= 0.6 is 0 Å². The molecular weight excluding hydrogens is 496 g/mol. The van der Waals surface area contributed by atoms with Crippen molar-refractivity contribution >= 4 is 56.3 Å². The van der Waals surface area contributed by atoms with Crippen molar-refractivity contribution in [1.29, 1.82) is 0 Å². The molecule has 4 heterocycles. The molecule has 0 aliphatic rings. The van der Waals surface area contributed by atoms with Crippen molar-refractivity contribution in [3.8, 4) is 0 Å². The Hall–Kier alpha value is -5.24.